The van der Waals surface area contributed by atoms with E-state index in [2.05, 4.69) is 10.6 Å². The first-order chi connectivity index (χ1) is 11.9. The van der Waals surface area contributed by atoms with E-state index in [1.807, 2.05) is 0 Å². The van der Waals surface area contributed by atoms with Crippen LogP contribution in [-0.2, 0) is 14.3 Å². The number of hydrogen-bond donors (Lipinski definition) is 2. The molecule has 0 aromatic rings. The molecule has 6 nitrogen and oxygen atoms in total. The smallest absolute Gasteiger partial charge is 0.376 e. The SMILES string of the molecule is CC(OCC1CCCCO1)C(=O)NCC(N1CCNCC1)C(F)(F)F. The van der Waals surface area contributed by atoms with E-state index in [-0.39, 0.29) is 12.7 Å². The van der Waals surface area contributed by atoms with Crippen LogP contribution in [0.4, 0.5) is 13.2 Å². The Kier molecular flexibility index (Phi) is 7.92. The van der Waals surface area contributed by atoms with E-state index in [9.17, 15) is 18.0 Å². The van der Waals surface area contributed by atoms with Gasteiger partial charge in [-0.1, -0.05) is 0 Å². The van der Waals surface area contributed by atoms with Gasteiger partial charge in [-0.15, -0.1) is 0 Å². The Morgan fingerprint density at radius 3 is 2.68 bits per heavy atom. The van der Waals surface area contributed by atoms with Gasteiger partial charge in [-0.3, -0.25) is 9.69 Å². The molecule has 146 valence electrons. The molecule has 0 aromatic heterocycles. The van der Waals surface area contributed by atoms with Gasteiger partial charge in [0.05, 0.1) is 12.7 Å². The lowest BCUT2D eigenvalue weighted by molar-refractivity contribution is -0.184. The number of piperazine rings is 1. The van der Waals surface area contributed by atoms with E-state index in [1.165, 1.54) is 4.90 Å². The molecule has 3 atom stereocenters. The van der Waals surface area contributed by atoms with E-state index in [4.69, 9.17) is 9.47 Å². The van der Waals surface area contributed by atoms with E-state index in [1.54, 1.807) is 6.92 Å². The van der Waals surface area contributed by atoms with Gasteiger partial charge in [0, 0.05) is 39.3 Å². The first-order valence-corrected chi connectivity index (χ1v) is 8.90. The van der Waals surface area contributed by atoms with Crippen LogP contribution in [0, 0.1) is 0 Å². The van der Waals surface area contributed by atoms with Crippen LogP contribution >= 0.6 is 0 Å². The topological polar surface area (TPSA) is 62.8 Å². The van der Waals surface area contributed by atoms with Crippen LogP contribution in [0.5, 0.6) is 0 Å². The van der Waals surface area contributed by atoms with Gasteiger partial charge in [-0.2, -0.15) is 13.2 Å². The molecule has 0 radical (unpaired) electrons. The fourth-order valence-corrected chi connectivity index (χ4v) is 3.05. The third kappa shape index (κ3) is 6.73. The second kappa shape index (κ2) is 9.70. The molecule has 1 amide bonds. The molecule has 0 aliphatic carbocycles. The van der Waals surface area contributed by atoms with Crippen LogP contribution in [0.3, 0.4) is 0 Å². The number of ether oxygens (including phenoxy) is 2. The molecule has 9 heteroatoms. The number of carbonyl (C=O) groups excluding carboxylic acids is 1. The maximum absolute atomic E-state index is 13.3. The van der Waals surface area contributed by atoms with Crippen molar-refractivity contribution in [2.24, 2.45) is 0 Å². The zero-order valence-corrected chi connectivity index (χ0v) is 14.6. The number of halogens is 3. The van der Waals surface area contributed by atoms with Crippen molar-refractivity contribution < 1.29 is 27.4 Å². The van der Waals surface area contributed by atoms with Gasteiger partial charge in [-0.05, 0) is 26.2 Å². The maximum atomic E-state index is 13.3. The highest BCUT2D eigenvalue weighted by atomic mass is 19.4. The summed E-state index contributed by atoms with van der Waals surface area (Å²) >= 11 is 0. The van der Waals surface area contributed by atoms with E-state index in [0.29, 0.717) is 32.8 Å². The van der Waals surface area contributed by atoms with Gasteiger partial charge in [-0.25, -0.2) is 0 Å². The molecule has 2 rings (SSSR count). The Bertz CT molecular complexity index is 411. The highest BCUT2D eigenvalue weighted by molar-refractivity contribution is 5.80. The van der Waals surface area contributed by atoms with Gasteiger partial charge in [0.1, 0.15) is 12.1 Å². The van der Waals surface area contributed by atoms with Gasteiger partial charge < -0.3 is 20.1 Å². The summed E-state index contributed by atoms with van der Waals surface area (Å²) in [4.78, 5) is 13.4. The van der Waals surface area contributed by atoms with Gasteiger partial charge >= 0.3 is 6.18 Å². The Balaban J connectivity index is 1.76. The fraction of sp³-hybridized carbons (Fsp3) is 0.938. The van der Waals surface area contributed by atoms with Crippen molar-refractivity contribution in [3.63, 3.8) is 0 Å². The molecule has 25 heavy (non-hydrogen) atoms. The van der Waals surface area contributed by atoms with E-state index < -0.39 is 30.8 Å². The Hall–Kier alpha value is -0.900. The first-order valence-electron chi connectivity index (χ1n) is 8.90. The minimum Gasteiger partial charge on any atom is -0.376 e. The molecule has 2 aliphatic heterocycles. The molecule has 2 aliphatic rings. The van der Waals surface area contributed by atoms with Crippen molar-refractivity contribution in [2.75, 3.05) is 45.9 Å². The molecule has 2 heterocycles. The Morgan fingerprint density at radius 1 is 1.36 bits per heavy atom. The third-order valence-corrected chi connectivity index (χ3v) is 4.62. The number of nitrogens with one attached hydrogen (secondary N) is 2. The summed E-state index contributed by atoms with van der Waals surface area (Å²) in [6, 6.07) is -1.67. The fourth-order valence-electron chi connectivity index (χ4n) is 3.05. The standard InChI is InChI=1S/C16H28F3N3O3/c1-12(25-11-13-4-2-3-9-24-13)15(23)21-10-14(16(17,18)19)22-7-5-20-6-8-22/h12-14,20H,2-11H2,1H3,(H,21,23). The minimum atomic E-state index is -4.38. The second-order valence-electron chi connectivity index (χ2n) is 6.55. The summed E-state index contributed by atoms with van der Waals surface area (Å²) in [6.45, 7) is 3.71. The molecule has 2 N–H and O–H groups in total. The monoisotopic (exact) mass is 367 g/mol. The average Bonchev–Trinajstić information content (AvgIpc) is 2.60. The number of alkyl halides is 3. The summed E-state index contributed by atoms with van der Waals surface area (Å²) in [7, 11) is 0. The summed E-state index contributed by atoms with van der Waals surface area (Å²) < 4.78 is 50.8. The number of nitrogens with zero attached hydrogens (tertiary/aromatic N) is 1. The molecule has 2 fully saturated rings. The molecule has 0 aromatic carbocycles. The van der Waals surface area contributed by atoms with Crippen molar-refractivity contribution in [3.05, 3.63) is 0 Å². The van der Waals surface area contributed by atoms with Crippen molar-refractivity contribution in [3.8, 4) is 0 Å². The number of amides is 1. The molecular formula is C16H28F3N3O3. The van der Waals surface area contributed by atoms with Crippen molar-refractivity contribution in [1.82, 2.24) is 15.5 Å². The number of carbonyl (C=O) groups is 1. The summed E-state index contributed by atoms with van der Waals surface area (Å²) in [5, 5.41) is 5.41. The molecule has 0 bridgehead atoms. The zero-order valence-electron chi connectivity index (χ0n) is 14.6. The van der Waals surface area contributed by atoms with E-state index >= 15 is 0 Å². The molecule has 0 spiro atoms. The van der Waals surface area contributed by atoms with Crippen molar-refractivity contribution >= 4 is 5.91 Å². The van der Waals surface area contributed by atoms with Crippen molar-refractivity contribution in [1.29, 1.82) is 0 Å². The normalized spacial score (nSPS) is 25.4. The van der Waals surface area contributed by atoms with Crippen molar-refractivity contribution in [2.45, 2.75) is 50.6 Å². The Labute approximate surface area is 146 Å². The number of hydrogen-bond acceptors (Lipinski definition) is 5. The summed E-state index contributed by atoms with van der Waals surface area (Å²) in [6.07, 6.45) is -2.25. The van der Waals surface area contributed by atoms with Crippen LogP contribution < -0.4 is 10.6 Å². The Morgan fingerprint density at radius 2 is 2.08 bits per heavy atom. The highest BCUT2D eigenvalue weighted by Gasteiger charge is 2.44. The quantitative estimate of drug-likeness (QED) is 0.701. The highest BCUT2D eigenvalue weighted by Crippen LogP contribution is 2.24. The molecule has 3 unspecified atom stereocenters. The second-order valence-corrected chi connectivity index (χ2v) is 6.55. The lowest BCUT2D eigenvalue weighted by atomic mass is 10.1. The predicted octanol–water partition coefficient (Wildman–Crippen LogP) is 0.913. The van der Waals surface area contributed by atoms with Crippen LogP contribution in [0.15, 0.2) is 0 Å². The number of rotatable bonds is 7. The predicted molar refractivity (Wildman–Crippen MR) is 86.3 cm³/mol. The van der Waals surface area contributed by atoms with Crippen LogP contribution in [0.25, 0.3) is 0 Å². The molecular weight excluding hydrogens is 339 g/mol. The maximum Gasteiger partial charge on any atom is 0.405 e. The van der Waals surface area contributed by atoms with E-state index in [0.717, 1.165) is 19.3 Å². The van der Waals surface area contributed by atoms with Crippen LogP contribution in [-0.4, -0.2) is 81.2 Å². The van der Waals surface area contributed by atoms with Crippen LogP contribution in [0.2, 0.25) is 0 Å². The zero-order chi connectivity index (χ0) is 18.3. The van der Waals surface area contributed by atoms with Gasteiger partial charge in [0.25, 0.3) is 0 Å². The van der Waals surface area contributed by atoms with Gasteiger partial charge in [0.2, 0.25) is 5.91 Å². The first kappa shape index (κ1) is 20.4. The largest absolute Gasteiger partial charge is 0.405 e. The lowest BCUT2D eigenvalue weighted by Gasteiger charge is -2.36. The minimum absolute atomic E-state index is 0.0345. The molecule has 2 saturated heterocycles. The van der Waals surface area contributed by atoms with Gasteiger partial charge in [0.15, 0.2) is 0 Å². The average molecular weight is 367 g/mol. The summed E-state index contributed by atoms with van der Waals surface area (Å²) in [5.41, 5.74) is 0. The van der Waals surface area contributed by atoms with Crippen LogP contribution in [0.1, 0.15) is 26.2 Å². The lowest BCUT2D eigenvalue weighted by Crippen LogP contribution is -2.58. The third-order valence-electron chi connectivity index (χ3n) is 4.62. The summed E-state index contributed by atoms with van der Waals surface area (Å²) in [5.74, 6) is -0.528. The molecule has 0 saturated carbocycles.